The van der Waals surface area contributed by atoms with Crippen molar-refractivity contribution in [2.75, 3.05) is 6.61 Å². The van der Waals surface area contributed by atoms with Crippen molar-refractivity contribution in [2.45, 2.75) is 6.92 Å². The van der Waals surface area contributed by atoms with Crippen LogP contribution in [0.2, 0.25) is 0 Å². The van der Waals surface area contributed by atoms with Crippen LogP contribution in [-0.2, 0) is 4.74 Å². The molecule has 15 heavy (non-hydrogen) atoms. The van der Waals surface area contributed by atoms with E-state index in [0.29, 0.717) is 5.56 Å². The fourth-order valence-electron chi connectivity index (χ4n) is 1.22. The van der Waals surface area contributed by atoms with Crippen LogP contribution in [0.25, 0.3) is 6.08 Å². The third-order valence-corrected chi connectivity index (χ3v) is 1.83. The summed E-state index contributed by atoms with van der Waals surface area (Å²) < 4.78 is 4.76. The normalized spacial score (nSPS) is 9.67. The number of benzene rings is 1. The van der Waals surface area contributed by atoms with Crippen molar-refractivity contribution < 1.29 is 19.7 Å². The Kier molecular flexibility index (Phi) is 3.33. The van der Waals surface area contributed by atoms with E-state index in [9.17, 15) is 15.0 Å². The van der Waals surface area contributed by atoms with Gasteiger partial charge in [0.25, 0.3) is 0 Å². The number of rotatable bonds is 3. The Hall–Kier alpha value is -1.97. The number of aromatic hydroxyl groups is 2. The summed E-state index contributed by atoms with van der Waals surface area (Å²) in [4.78, 5) is 11.4. The monoisotopic (exact) mass is 208 g/mol. The highest BCUT2D eigenvalue weighted by Crippen LogP contribution is 2.28. The zero-order chi connectivity index (χ0) is 11.4. The first kappa shape index (κ1) is 11.1. The molecule has 0 saturated carbocycles. The van der Waals surface area contributed by atoms with Gasteiger partial charge in [-0.2, -0.15) is 0 Å². The Morgan fingerprint density at radius 2 is 2.20 bits per heavy atom. The molecule has 4 heteroatoms. The van der Waals surface area contributed by atoms with Crippen LogP contribution in [-0.4, -0.2) is 22.8 Å². The zero-order valence-electron chi connectivity index (χ0n) is 8.36. The average molecular weight is 208 g/mol. The summed E-state index contributed by atoms with van der Waals surface area (Å²) in [5.74, 6) is -1.08. The van der Waals surface area contributed by atoms with Crippen molar-refractivity contribution in [1.82, 2.24) is 0 Å². The zero-order valence-corrected chi connectivity index (χ0v) is 8.36. The van der Waals surface area contributed by atoms with Crippen LogP contribution in [0.1, 0.15) is 22.8 Å². The number of carbonyl (C=O) groups is 1. The van der Waals surface area contributed by atoms with Gasteiger partial charge in [-0.1, -0.05) is 12.7 Å². The van der Waals surface area contributed by atoms with Crippen LogP contribution in [0.4, 0.5) is 0 Å². The molecule has 0 atom stereocenters. The lowest BCUT2D eigenvalue weighted by Crippen LogP contribution is -2.06. The first-order chi connectivity index (χ1) is 7.10. The molecule has 0 saturated heterocycles. The van der Waals surface area contributed by atoms with Gasteiger partial charge in [-0.15, -0.1) is 0 Å². The van der Waals surface area contributed by atoms with E-state index in [1.54, 1.807) is 6.92 Å². The molecule has 0 radical (unpaired) electrons. The third-order valence-electron chi connectivity index (χ3n) is 1.83. The van der Waals surface area contributed by atoms with E-state index in [1.165, 1.54) is 12.1 Å². The highest BCUT2D eigenvalue weighted by atomic mass is 16.5. The molecule has 0 aromatic heterocycles. The number of carbonyl (C=O) groups excluding carboxylic acids is 1. The molecule has 1 rings (SSSR count). The van der Waals surface area contributed by atoms with Crippen LogP contribution >= 0.6 is 0 Å². The summed E-state index contributed by atoms with van der Waals surface area (Å²) in [6.45, 7) is 5.37. The fraction of sp³-hybridized carbons (Fsp3) is 0.182. The number of hydrogen-bond donors (Lipinski definition) is 2. The summed E-state index contributed by atoms with van der Waals surface area (Å²) in [6, 6.07) is 2.41. The first-order valence-electron chi connectivity index (χ1n) is 4.45. The van der Waals surface area contributed by atoms with Crippen LogP contribution in [0.5, 0.6) is 11.5 Å². The van der Waals surface area contributed by atoms with Crippen molar-refractivity contribution >= 4 is 12.0 Å². The molecular weight excluding hydrogens is 196 g/mol. The predicted molar refractivity (Wildman–Crippen MR) is 55.8 cm³/mol. The number of phenols is 2. The van der Waals surface area contributed by atoms with Gasteiger partial charge < -0.3 is 14.9 Å². The molecule has 1 aromatic rings. The lowest BCUT2D eigenvalue weighted by atomic mass is 10.1. The van der Waals surface area contributed by atoms with Gasteiger partial charge >= 0.3 is 5.97 Å². The van der Waals surface area contributed by atoms with E-state index in [0.717, 1.165) is 6.07 Å². The SMILES string of the molecule is C=Cc1cc(O)cc(O)c1C(=O)OCC. The highest BCUT2D eigenvalue weighted by Gasteiger charge is 2.17. The maximum atomic E-state index is 11.4. The lowest BCUT2D eigenvalue weighted by Gasteiger charge is -2.08. The van der Waals surface area contributed by atoms with Gasteiger partial charge in [-0.05, 0) is 18.6 Å². The Morgan fingerprint density at radius 1 is 1.53 bits per heavy atom. The van der Waals surface area contributed by atoms with E-state index in [2.05, 4.69) is 6.58 Å². The standard InChI is InChI=1S/C11H12O4/c1-3-7-5-8(12)6-9(13)10(7)11(14)15-4-2/h3,5-6,12-13H,1,4H2,2H3. The van der Waals surface area contributed by atoms with Gasteiger partial charge in [0.15, 0.2) is 0 Å². The number of phenolic OH excluding ortho intramolecular Hbond substituents is 2. The van der Waals surface area contributed by atoms with Gasteiger partial charge in [0.2, 0.25) is 0 Å². The summed E-state index contributed by atoms with van der Waals surface area (Å²) in [7, 11) is 0. The topological polar surface area (TPSA) is 66.8 Å². The minimum Gasteiger partial charge on any atom is -0.508 e. The molecule has 0 spiro atoms. The molecule has 4 nitrogen and oxygen atoms in total. The average Bonchev–Trinajstić information content (AvgIpc) is 2.16. The largest absolute Gasteiger partial charge is 0.508 e. The van der Waals surface area contributed by atoms with Gasteiger partial charge in [0.1, 0.15) is 17.1 Å². The summed E-state index contributed by atoms with van der Waals surface area (Å²) in [5.41, 5.74) is 0.357. The maximum Gasteiger partial charge on any atom is 0.342 e. The van der Waals surface area contributed by atoms with Crippen molar-refractivity contribution in [3.8, 4) is 11.5 Å². The molecule has 80 valence electrons. The van der Waals surface area contributed by atoms with E-state index in [4.69, 9.17) is 4.74 Å². The molecule has 0 aliphatic heterocycles. The van der Waals surface area contributed by atoms with Crippen LogP contribution in [0, 0.1) is 0 Å². The molecule has 0 heterocycles. The molecule has 2 N–H and O–H groups in total. The number of esters is 1. The number of hydrogen-bond acceptors (Lipinski definition) is 4. The van der Waals surface area contributed by atoms with Crippen molar-refractivity contribution in [3.05, 3.63) is 29.8 Å². The Balaban J connectivity index is 3.26. The maximum absolute atomic E-state index is 11.4. The first-order valence-corrected chi connectivity index (χ1v) is 4.45. The molecule has 0 bridgehead atoms. The van der Waals surface area contributed by atoms with Crippen LogP contribution in [0.15, 0.2) is 18.7 Å². The lowest BCUT2D eigenvalue weighted by molar-refractivity contribution is 0.0523. The van der Waals surface area contributed by atoms with Gasteiger partial charge in [0, 0.05) is 6.07 Å². The van der Waals surface area contributed by atoms with Gasteiger partial charge in [0.05, 0.1) is 6.61 Å². The second-order valence-corrected chi connectivity index (χ2v) is 2.85. The van der Waals surface area contributed by atoms with Crippen molar-refractivity contribution in [1.29, 1.82) is 0 Å². The van der Waals surface area contributed by atoms with Crippen LogP contribution in [0.3, 0.4) is 0 Å². The Morgan fingerprint density at radius 3 is 2.73 bits per heavy atom. The highest BCUT2D eigenvalue weighted by molar-refractivity contribution is 5.96. The quantitative estimate of drug-likeness (QED) is 0.744. The second-order valence-electron chi connectivity index (χ2n) is 2.85. The molecule has 0 unspecified atom stereocenters. The van der Waals surface area contributed by atoms with E-state index < -0.39 is 5.97 Å². The Labute approximate surface area is 87.4 Å². The molecule has 0 aliphatic carbocycles. The summed E-state index contributed by atoms with van der Waals surface area (Å²) >= 11 is 0. The third kappa shape index (κ3) is 2.28. The van der Waals surface area contributed by atoms with Crippen molar-refractivity contribution in [2.24, 2.45) is 0 Å². The van der Waals surface area contributed by atoms with E-state index in [1.807, 2.05) is 0 Å². The molecule has 0 amide bonds. The predicted octanol–water partition coefficient (Wildman–Crippen LogP) is 1.92. The molecule has 0 aliphatic rings. The molecule has 0 fully saturated rings. The minimum atomic E-state index is -0.634. The summed E-state index contributed by atoms with van der Waals surface area (Å²) in [5, 5.41) is 18.7. The van der Waals surface area contributed by atoms with E-state index >= 15 is 0 Å². The number of ether oxygens (including phenoxy) is 1. The van der Waals surface area contributed by atoms with Gasteiger partial charge in [-0.25, -0.2) is 4.79 Å². The van der Waals surface area contributed by atoms with E-state index in [-0.39, 0.29) is 23.7 Å². The summed E-state index contributed by atoms with van der Waals surface area (Å²) in [6.07, 6.45) is 1.37. The second kappa shape index (κ2) is 4.50. The molecule has 1 aromatic carbocycles. The van der Waals surface area contributed by atoms with Crippen molar-refractivity contribution in [3.63, 3.8) is 0 Å². The molecular formula is C11H12O4. The van der Waals surface area contributed by atoms with Gasteiger partial charge in [-0.3, -0.25) is 0 Å². The van der Waals surface area contributed by atoms with Crippen LogP contribution < -0.4 is 0 Å². The fourth-order valence-corrected chi connectivity index (χ4v) is 1.22. The minimum absolute atomic E-state index is 0.0182. The Bertz CT molecular complexity index is 396. The smallest absolute Gasteiger partial charge is 0.342 e.